The highest BCUT2D eigenvalue weighted by Gasteiger charge is 2.10. The van der Waals surface area contributed by atoms with Crippen molar-refractivity contribution in [1.82, 2.24) is 10.3 Å². The highest BCUT2D eigenvalue weighted by molar-refractivity contribution is 14.1. The molecule has 1 N–H and O–H groups in total. The number of hydrogen-bond acceptors (Lipinski definition) is 3. The molecule has 0 spiro atoms. The lowest BCUT2D eigenvalue weighted by Crippen LogP contribution is -2.31. The Morgan fingerprint density at radius 1 is 1.92 bits per heavy atom. The predicted octanol–water partition coefficient (Wildman–Crippen LogP) is 1.50. The molecule has 1 rings (SSSR count). The molecule has 5 heteroatoms. The Morgan fingerprint density at radius 2 is 2.62 bits per heavy atom. The van der Waals surface area contributed by atoms with Crippen molar-refractivity contribution in [1.29, 1.82) is 0 Å². The highest BCUT2D eigenvalue weighted by Crippen LogP contribution is 2.11. The van der Waals surface area contributed by atoms with E-state index < -0.39 is 0 Å². The van der Waals surface area contributed by atoms with Gasteiger partial charge in [0.05, 0.1) is 6.04 Å². The zero-order valence-electron chi connectivity index (χ0n) is 6.87. The van der Waals surface area contributed by atoms with E-state index in [0.29, 0.717) is 5.69 Å². The molecular weight excluding hydrogens is 299 g/mol. The molecule has 0 fully saturated rings. The van der Waals surface area contributed by atoms with E-state index in [4.69, 9.17) is 6.42 Å². The van der Waals surface area contributed by atoms with Crippen molar-refractivity contribution in [2.24, 2.45) is 0 Å². The molecular formula is C8H7IN2OS. The number of thiazole rings is 1. The van der Waals surface area contributed by atoms with Crippen LogP contribution in [0.2, 0.25) is 0 Å². The van der Waals surface area contributed by atoms with E-state index in [1.807, 2.05) is 0 Å². The van der Waals surface area contributed by atoms with Crippen molar-refractivity contribution in [3.8, 4) is 12.3 Å². The summed E-state index contributed by atoms with van der Waals surface area (Å²) in [6.45, 7) is 1.75. The van der Waals surface area contributed by atoms with Gasteiger partial charge in [0, 0.05) is 5.38 Å². The number of aromatic nitrogens is 1. The van der Waals surface area contributed by atoms with Crippen LogP contribution in [0.4, 0.5) is 0 Å². The molecule has 0 unspecified atom stereocenters. The Balaban J connectivity index is 2.65. The summed E-state index contributed by atoms with van der Waals surface area (Å²) in [6.07, 6.45) is 5.12. The third kappa shape index (κ3) is 2.97. The SMILES string of the molecule is C#C[C@@H](C)NC(=O)c1csc(I)n1. The summed E-state index contributed by atoms with van der Waals surface area (Å²) in [5.74, 6) is 2.20. The third-order valence-electron chi connectivity index (χ3n) is 1.31. The van der Waals surface area contributed by atoms with Crippen LogP contribution in [0.3, 0.4) is 0 Å². The first kappa shape index (κ1) is 10.5. The summed E-state index contributed by atoms with van der Waals surface area (Å²) in [6, 6.07) is -0.258. The van der Waals surface area contributed by atoms with Crippen LogP contribution in [0, 0.1) is 15.4 Å². The van der Waals surface area contributed by atoms with Gasteiger partial charge in [0.15, 0.2) is 3.01 Å². The fourth-order valence-electron chi connectivity index (χ4n) is 0.668. The Morgan fingerprint density at radius 3 is 3.08 bits per heavy atom. The Hall–Kier alpha value is -0.610. The average Bonchev–Trinajstić information content (AvgIpc) is 2.51. The maximum absolute atomic E-state index is 11.4. The standard InChI is InChI=1S/C8H7IN2OS/c1-3-5(2)10-7(12)6-4-13-8(9)11-6/h1,4-5H,2H3,(H,10,12)/t5-/m1/s1. The van der Waals surface area contributed by atoms with Crippen molar-refractivity contribution >= 4 is 39.8 Å². The van der Waals surface area contributed by atoms with Gasteiger partial charge in [0.1, 0.15) is 5.69 Å². The molecule has 1 aromatic rings. The molecule has 68 valence electrons. The first-order valence-corrected chi connectivity index (χ1v) is 5.47. The lowest BCUT2D eigenvalue weighted by atomic mass is 10.3. The minimum Gasteiger partial charge on any atom is -0.337 e. The van der Waals surface area contributed by atoms with Crippen LogP contribution in [0.25, 0.3) is 0 Å². The second kappa shape index (κ2) is 4.58. The lowest BCUT2D eigenvalue weighted by molar-refractivity contribution is 0.0943. The summed E-state index contributed by atoms with van der Waals surface area (Å²) in [5, 5.41) is 4.33. The van der Waals surface area contributed by atoms with E-state index in [2.05, 4.69) is 38.8 Å². The topological polar surface area (TPSA) is 42.0 Å². The molecule has 0 bridgehead atoms. The number of carbonyl (C=O) groups excluding carboxylic acids is 1. The van der Waals surface area contributed by atoms with Crippen molar-refractivity contribution in [3.63, 3.8) is 0 Å². The molecule has 1 amide bonds. The minimum absolute atomic E-state index is 0.218. The third-order valence-corrected chi connectivity index (χ3v) is 2.94. The van der Waals surface area contributed by atoms with Crippen molar-refractivity contribution in [2.45, 2.75) is 13.0 Å². The van der Waals surface area contributed by atoms with Gasteiger partial charge < -0.3 is 5.32 Å². The Kier molecular flexibility index (Phi) is 3.69. The fourth-order valence-corrected chi connectivity index (χ4v) is 1.83. The molecule has 3 nitrogen and oxygen atoms in total. The van der Waals surface area contributed by atoms with E-state index in [-0.39, 0.29) is 11.9 Å². The maximum Gasteiger partial charge on any atom is 0.271 e. The van der Waals surface area contributed by atoms with E-state index in [1.165, 1.54) is 11.3 Å². The van der Waals surface area contributed by atoms with Gasteiger partial charge in [-0.2, -0.15) is 0 Å². The number of halogens is 1. The fraction of sp³-hybridized carbons (Fsp3) is 0.250. The first-order chi connectivity index (χ1) is 6.13. The minimum atomic E-state index is -0.258. The molecule has 0 aromatic carbocycles. The molecule has 0 saturated carbocycles. The van der Waals surface area contributed by atoms with Gasteiger partial charge in [0.2, 0.25) is 0 Å². The molecule has 0 aliphatic carbocycles. The number of nitrogens with one attached hydrogen (secondary N) is 1. The summed E-state index contributed by atoms with van der Waals surface area (Å²) < 4.78 is 0.844. The molecule has 0 saturated heterocycles. The van der Waals surface area contributed by atoms with Crippen molar-refractivity contribution in [3.05, 3.63) is 14.1 Å². The molecule has 0 radical (unpaired) electrons. The van der Waals surface area contributed by atoms with Gasteiger partial charge in [0.25, 0.3) is 5.91 Å². The highest BCUT2D eigenvalue weighted by atomic mass is 127. The summed E-state index contributed by atoms with van der Waals surface area (Å²) in [7, 11) is 0. The Bertz CT molecular complexity index is 355. The van der Waals surface area contributed by atoms with Gasteiger partial charge in [-0.15, -0.1) is 17.8 Å². The number of nitrogens with zero attached hydrogens (tertiary/aromatic N) is 1. The van der Waals surface area contributed by atoms with Crippen LogP contribution >= 0.6 is 33.9 Å². The number of terminal acetylenes is 1. The number of carbonyl (C=O) groups is 1. The van der Waals surface area contributed by atoms with Gasteiger partial charge in [-0.3, -0.25) is 4.79 Å². The van der Waals surface area contributed by atoms with Crippen molar-refractivity contribution < 1.29 is 4.79 Å². The molecule has 0 aliphatic rings. The molecule has 13 heavy (non-hydrogen) atoms. The van der Waals surface area contributed by atoms with E-state index >= 15 is 0 Å². The van der Waals surface area contributed by atoms with Crippen LogP contribution in [0.5, 0.6) is 0 Å². The predicted molar refractivity (Wildman–Crippen MR) is 60.6 cm³/mol. The van der Waals surface area contributed by atoms with Crippen LogP contribution < -0.4 is 5.32 Å². The van der Waals surface area contributed by atoms with Gasteiger partial charge in [-0.05, 0) is 29.5 Å². The van der Waals surface area contributed by atoms with Crippen LogP contribution in [-0.4, -0.2) is 16.9 Å². The Labute approximate surface area is 94.1 Å². The molecule has 1 heterocycles. The van der Waals surface area contributed by atoms with E-state index in [1.54, 1.807) is 12.3 Å². The van der Waals surface area contributed by atoms with Gasteiger partial charge >= 0.3 is 0 Å². The largest absolute Gasteiger partial charge is 0.337 e. The quantitative estimate of drug-likeness (QED) is 0.664. The number of rotatable bonds is 2. The van der Waals surface area contributed by atoms with E-state index in [0.717, 1.165) is 3.01 Å². The number of amides is 1. The maximum atomic E-state index is 11.4. The van der Waals surface area contributed by atoms with Gasteiger partial charge in [-0.25, -0.2) is 4.98 Å². The van der Waals surface area contributed by atoms with Crippen LogP contribution in [0.15, 0.2) is 5.38 Å². The summed E-state index contributed by atoms with van der Waals surface area (Å²) >= 11 is 3.49. The zero-order chi connectivity index (χ0) is 9.84. The summed E-state index contributed by atoms with van der Waals surface area (Å²) in [5.41, 5.74) is 0.427. The van der Waals surface area contributed by atoms with Crippen molar-refractivity contribution in [2.75, 3.05) is 0 Å². The zero-order valence-corrected chi connectivity index (χ0v) is 9.85. The van der Waals surface area contributed by atoms with Gasteiger partial charge in [-0.1, -0.05) is 5.92 Å². The lowest BCUT2D eigenvalue weighted by Gasteiger charge is -2.04. The van der Waals surface area contributed by atoms with E-state index in [9.17, 15) is 4.79 Å². The average molecular weight is 306 g/mol. The molecule has 0 aliphatic heterocycles. The normalized spacial score (nSPS) is 11.8. The second-order valence-electron chi connectivity index (χ2n) is 2.35. The molecule has 1 aromatic heterocycles. The summed E-state index contributed by atoms with van der Waals surface area (Å²) in [4.78, 5) is 15.4. The monoisotopic (exact) mass is 306 g/mol. The molecule has 1 atom stereocenters. The smallest absolute Gasteiger partial charge is 0.271 e. The first-order valence-electron chi connectivity index (χ1n) is 3.51. The number of hydrogen-bond donors (Lipinski definition) is 1. The van der Waals surface area contributed by atoms with Crippen LogP contribution in [-0.2, 0) is 0 Å². The van der Waals surface area contributed by atoms with Crippen LogP contribution in [0.1, 0.15) is 17.4 Å². The second-order valence-corrected chi connectivity index (χ2v) is 4.96.